The average Bonchev–Trinajstić information content (AvgIpc) is 2.35. The van der Waals surface area contributed by atoms with Crippen molar-refractivity contribution in [3.05, 3.63) is 35.6 Å². The maximum atomic E-state index is 12.6. The van der Waals surface area contributed by atoms with Crippen LogP contribution < -0.4 is 5.32 Å². The van der Waals surface area contributed by atoms with Crippen LogP contribution in [0.25, 0.3) is 0 Å². The van der Waals surface area contributed by atoms with Crippen molar-refractivity contribution in [3.8, 4) is 0 Å². The Kier molecular flexibility index (Phi) is 5.42. The fourth-order valence-electron chi connectivity index (χ4n) is 0.964. The molecule has 92 valence electrons. The summed E-state index contributed by atoms with van der Waals surface area (Å²) in [7, 11) is 0. The van der Waals surface area contributed by atoms with E-state index in [2.05, 4.69) is 15.3 Å². The quantitative estimate of drug-likeness (QED) is 0.513. The highest BCUT2D eigenvalue weighted by molar-refractivity contribution is 6.65. The molecule has 1 rings (SSSR count). The standard InChI is InChI=1S/C11H12ClFN2O2/c1-2-10(12)15-17-11(16)14-7-8-3-5-9(13)6-4-8/h3-6H,2,7H2,1H3,(H,14,16)/b15-10+. The number of carbonyl (C=O) groups is 1. The molecule has 0 atom stereocenters. The highest BCUT2D eigenvalue weighted by Gasteiger charge is 2.02. The van der Waals surface area contributed by atoms with E-state index in [1.165, 1.54) is 12.1 Å². The van der Waals surface area contributed by atoms with Crippen molar-refractivity contribution in [1.82, 2.24) is 5.32 Å². The van der Waals surface area contributed by atoms with Gasteiger partial charge in [0.15, 0.2) is 0 Å². The van der Waals surface area contributed by atoms with Crippen LogP contribution in [0, 0.1) is 5.82 Å². The Morgan fingerprint density at radius 3 is 2.71 bits per heavy atom. The molecule has 1 aromatic carbocycles. The summed E-state index contributed by atoms with van der Waals surface area (Å²) >= 11 is 5.55. The summed E-state index contributed by atoms with van der Waals surface area (Å²) in [6, 6.07) is 5.76. The molecule has 0 saturated carbocycles. The van der Waals surface area contributed by atoms with Crippen LogP contribution in [0.3, 0.4) is 0 Å². The minimum atomic E-state index is -0.707. The van der Waals surface area contributed by atoms with Gasteiger partial charge in [0.2, 0.25) is 0 Å². The van der Waals surface area contributed by atoms with Gasteiger partial charge < -0.3 is 5.32 Å². The van der Waals surface area contributed by atoms with Crippen molar-refractivity contribution in [2.75, 3.05) is 0 Å². The molecule has 1 N–H and O–H groups in total. The van der Waals surface area contributed by atoms with E-state index in [1.807, 2.05) is 0 Å². The summed E-state index contributed by atoms with van der Waals surface area (Å²) in [6.07, 6.45) is -0.215. The van der Waals surface area contributed by atoms with Gasteiger partial charge in [0.1, 0.15) is 11.0 Å². The van der Waals surface area contributed by atoms with Gasteiger partial charge in [-0.1, -0.05) is 35.8 Å². The first-order valence-electron chi connectivity index (χ1n) is 5.03. The van der Waals surface area contributed by atoms with Crippen LogP contribution in [0.5, 0.6) is 0 Å². The van der Waals surface area contributed by atoms with Crippen molar-refractivity contribution in [2.45, 2.75) is 19.9 Å². The summed E-state index contributed by atoms with van der Waals surface area (Å²) in [5, 5.41) is 6.04. The van der Waals surface area contributed by atoms with Gasteiger partial charge in [0.05, 0.1) is 0 Å². The molecule has 0 spiro atoms. The molecule has 6 heteroatoms. The molecule has 1 aromatic rings. The van der Waals surface area contributed by atoms with E-state index in [0.29, 0.717) is 6.42 Å². The van der Waals surface area contributed by atoms with Gasteiger partial charge in [-0.15, -0.1) is 0 Å². The molecule has 0 aromatic heterocycles. The van der Waals surface area contributed by atoms with E-state index in [0.717, 1.165) is 5.56 Å². The van der Waals surface area contributed by atoms with E-state index in [4.69, 9.17) is 11.6 Å². The molecule has 0 aliphatic rings. The number of carbonyl (C=O) groups excluding carboxylic acids is 1. The third-order valence-corrected chi connectivity index (χ3v) is 2.21. The number of nitrogens with one attached hydrogen (secondary N) is 1. The van der Waals surface area contributed by atoms with Crippen molar-refractivity contribution in [3.63, 3.8) is 0 Å². The molecular formula is C11H12ClFN2O2. The van der Waals surface area contributed by atoms with E-state index >= 15 is 0 Å². The van der Waals surface area contributed by atoms with Crippen LogP contribution in [-0.2, 0) is 11.4 Å². The number of halogens is 2. The first-order chi connectivity index (χ1) is 8.11. The van der Waals surface area contributed by atoms with Crippen LogP contribution in [0.1, 0.15) is 18.9 Å². The van der Waals surface area contributed by atoms with Crippen LogP contribution in [-0.4, -0.2) is 11.3 Å². The zero-order valence-electron chi connectivity index (χ0n) is 9.24. The van der Waals surface area contributed by atoms with Crippen molar-refractivity contribution >= 4 is 22.9 Å². The third-order valence-electron chi connectivity index (χ3n) is 1.87. The molecule has 0 heterocycles. The first-order valence-corrected chi connectivity index (χ1v) is 5.41. The number of amides is 1. The van der Waals surface area contributed by atoms with Gasteiger partial charge in [0.25, 0.3) is 0 Å². The van der Waals surface area contributed by atoms with Crippen molar-refractivity contribution in [2.24, 2.45) is 5.16 Å². The maximum absolute atomic E-state index is 12.6. The minimum Gasteiger partial charge on any atom is -0.316 e. The fourth-order valence-corrected chi connectivity index (χ4v) is 0.999. The van der Waals surface area contributed by atoms with Gasteiger partial charge in [-0.3, -0.25) is 4.84 Å². The normalized spacial score (nSPS) is 11.1. The Labute approximate surface area is 103 Å². The molecule has 17 heavy (non-hydrogen) atoms. The second-order valence-corrected chi connectivity index (χ2v) is 3.62. The number of rotatable bonds is 4. The van der Waals surface area contributed by atoms with Crippen LogP contribution >= 0.6 is 11.6 Å². The highest BCUT2D eigenvalue weighted by atomic mass is 35.5. The van der Waals surface area contributed by atoms with Crippen molar-refractivity contribution < 1.29 is 14.0 Å². The largest absolute Gasteiger partial charge is 0.433 e. The summed E-state index contributed by atoms with van der Waals surface area (Å²) in [6.45, 7) is 2.02. The lowest BCUT2D eigenvalue weighted by Gasteiger charge is -2.03. The lowest BCUT2D eigenvalue weighted by atomic mass is 10.2. The molecule has 0 bridgehead atoms. The third kappa shape index (κ3) is 5.31. The number of hydrogen-bond donors (Lipinski definition) is 1. The highest BCUT2D eigenvalue weighted by Crippen LogP contribution is 2.02. The van der Waals surface area contributed by atoms with Gasteiger partial charge in [-0.05, 0) is 17.7 Å². The number of oxime groups is 1. The van der Waals surface area contributed by atoms with E-state index in [1.54, 1.807) is 19.1 Å². The molecule has 0 saturated heterocycles. The SMILES string of the molecule is CC/C(Cl)=N\OC(=O)NCc1ccc(F)cc1. The predicted octanol–water partition coefficient (Wildman–Crippen LogP) is 3.01. The Morgan fingerprint density at radius 1 is 1.47 bits per heavy atom. The molecule has 0 fully saturated rings. The predicted molar refractivity (Wildman–Crippen MR) is 63.3 cm³/mol. The summed E-state index contributed by atoms with van der Waals surface area (Å²) < 4.78 is 12.6. The smallest absolute Gasteiger partial charge is 0.316 e. The number of benzene rings is 1. The Balaban J connectivity index is 2.36. The zero-order chi connectivity index (χ0) is 12.7. The number of hydrogen-bond acceptors (Lipinski definition) is 3. The van der Waals surface area contributed by atoms with E-state index < -0.39 is 6.09 Å². The maximum Gasteiger partial charge on any atom is 0.433 e. The van der Waals surface area contributed by atoms with Gasteiger partial charge in [0, 0.05) is 13.0 Å². The average molecular weight is 259 g/mol. The fraction of sp³-hybridized carbons (Fsp3) is 0.273. The molecular weight excluding hydrogens is 247 g/mol. The van der Waals surface area contributed by atoms with Crippen LogP contribution in [0.2, 0.25) is 0 Å². The summed E-state index contributed by atoms with van der Waals surface area (Å²) in [4.78, 5) is 15.6. The van der Waals surface area contributed by atoms with Crippen LogP contribution in [0.4, 0.5) is 9.18 Å². The molecule has 0 unspecified atom stereocenters. The number of nitrogens with zero attached hydrogens (tertiary/aromatic N) is 1. The summed E-state index contributed by atoms with van der Waals surface area (Å²) in [5.41, 5.74) is 0.758. The lowest BCUT2D eigenvalue weighted by Crippen LogP contribution is -2.22. The van der Waals surface area contributed by atoms with E-state index in [-0.39, 0.29) is 17.5 Å². The summed E-state index contributed by atoms with van der Waals surface area (Å²) in [5.74, 6) is -0.323. The van der Waals surface area contributed by atoms with Gasteiger partial charge in [-0.2, -0.15) is 0 Å². The molecule has 0 aliphatic carbocycles. The van der Waals surface area contributed by atoms with Gasteiger partial charge >= 0.3 is 6.09 Å². The first kappa shape index (κ1) is 13.4. The van der Waals surface area contributed by atoms with Crippen molar-refractivity contribution in [1.29, 1.82) is 0 Å². The Hall–Kier alpha value is -1.62. The Morgan fingerprint density at radius 2 is 2.12 bits per heavy atom. The molecule has 0 radical (unpaired) electrons. The minimum absolute atomic E-state index is 0.210. The molecule has 1 amide bonds. The second-order valence-electron chi connectivity index (χ2n) is 3.18. The Bertz CT molecular complexity index is 406. The molecule has 0 aliphatic heterocycles. The lowest BCUT2D eigenvalue weighted by molar-refractivity contribution is 0.150. The zero-order valence-corrected chi connectivity index (χ0v) is 10.00. The molecule has 4 nitrogen and oxygen atoms in total. The van der Waals surface area contributed by atoms with Crippen LogP contribution in [0.15, 0.2) is 29.4 Å². The van der Waals surface area contributed by atoms with E-state index in [9.17, 15) is 9.18 Å². The topological polar surface area (TPSA) is 50.7 Å². The van der Waals surface area contributed by atoms with Gasteiger partial charge in [-0.25, -0.2) is 9.18 Å². The second kappa shape index (κ2) is 6.85. The monoisotopic (exact) mass is 258 g/mol.